The van der Waals surface area contributed by atoms with E-state index in [2.05, 4.69) is 41.5 Å². The zero-order valence-corrected chi connectivity index (χ0v) is 18.9. The lowest BCUT2D eigenvalue weighted by molar-refractivity contribution is -0.256. The van der Waals surface area contributed by atoms with Crippen LogP contribution in [0.5, 0.6) is 0 Å². The second kappa shape index (κ2) is 9.16. The number of rotatable bonds is 8. The predicted octanol–water partition coefficient (Wildman–Crippen LogP) is 5.58. The van der Waals surface area contributed by atoms with Crippen LogP contribution in [0.2, 0.25) is 0 Å². The Morgan fingerprint density at radius 2 is 1.04 bits per heavy atom. The van der Waals surface area contributed by atoms with Gasteiger partial charge in [0, 0.05) is 0 Å². The van der Waals surface area contributed by atoms with Crippen LogP contribution >= 0.6 is 0 Å². The van der Waals surface area contributed by atoms with Crippen molar-refractivity contribution in [2.75, 3.05) is 13.2 Å². The van der Waals surface area contributed by atoms with Crippen LogP contribution in [0, 0.1) is 5.41 Å². The molecular weight excluding hydrogens is 316 g/mol. The van der Waals surface area contributed by atoms with E-state index in [9.17, 15) is 0 Å². The van der Waals surface area contributed by atoms with Crippen molar-refractivity contribution < 1.29 is 18.9 Å². The Balaban J connectivity index is 5.06. The molecule has 4 heteroatoms. The molecule has 0 bridgehead atoms. The van der Waals surface area contributed by atoms with Gasteiger partial charge in [0.15, 0.2) is 6.29 Å². The van der Waals surface area contributed by atoms with E-state index in [0.29, 0.717) is 13.2 Å². The molecule has 0 saturated heterocycles. The van der Waals surface area contributed by atoms with Gasteiger partial charge in [-0.1, -0.05) is 20.8 Å². The lowest BCUT2D eigenvalue weighted by Gasteiger charge is -2.35. The summed E-state index contributed by atoms with van der Waals surface area (Å²) in [6, 6.07) is 0. The Bertz CT molecular complexity index is 327. The van der Waals surface area contributed by atoms with Crippen LogP contribution in [0.4, 0.5) is 0 Å². The molecule has 0 aromatic rings. The van der Waals surface area contributed by atoms with Gasteiger partial charge in [-0.2, -0.15) is 0 Å². The van der Waals surface area contributed by atoms with E-state index in [4.69, 9.17) is 18.9 Å². The quantitative estimate of drug-likeness (QED) is 0.530. The van der Waals surface area contributed by atoms with E-state index < -0.39 is 6.29 Å². The summed E-state index contributed by atoms with van der Waals surface area (Å²) in [4.78, 5) is 0. The van der Waals surface area contributed by atoms with Crippen molar-refractivity contribution in [3.8, 4) is 0 Å². The monoisotopic (exact) mass is 360 g/mol. The summed E-state index contributed by atoms with van der Waals surface area (Å²) in [5.74, 6) is 0. The van der Waals surface area contributed by atoms with Crippen molar-refractivity contribution in [2.45, 2.75) is 119 Å². The molecule has 0 fully saturated rings. The highest BCUT2D eigenvalue weighted by Crippen LogP contribution is 2.26. The van der Waals surface area contributed by atoms with E-state index in [1.165, 1.54) is 0 Å². The number of hydrogen-bond acceptors (Lipinski definition) is 4. The fraction of sp³-hybridized carbons (Fsp3) is 1.00. The highest BCUT2D eigenvalue weighted by Gasteiger charge is 2.28. The molecular formula is C21H44O4. The predicted molar refractivity (Wildman–Crippen MR) is 105 cm³/mol. The summed E-state index contributed by atoms with van der Waals surface area (Å²) in [7, 11) is 0. The molecule has 4 nitrogen and oxygen atoms in total. The van der Waals surface area contributed by atoms with Crippen molar-refractivity contribution in [3.63, 3.8) is 0 Å². The Morgan fingerprint density at radius 1 is 0.600 bits per heavy atom. The number of ether oxygens (including phenoxy) is 4. The molecule has 152 valence electrons. The standard InChI is InChI=1S/C21H44O4/c1-18(2,3)13-16(14-22-19(4,5)6)24-17(25-21(10,11)12)15-23-20(7,8)9/h16-17H,13-15H2,1-12H3. The zero-order valence-electron chi connectivity index (χ0n) is 18.9. The molecule has 0 saturated carbocycles. The van der Waals surface area contributed by atoms with Gasteiger partial charge in [-0.15, -0.1) is 0 Å². The molecule has 0 aromatic carbocycles. The lowest BCUT2D eigenvalue weighted by Crippen LogP contribution is -2.40. The van der Waals surface area contributed by atoms with Gasteiger partial charge in [-0.05, 0) is 74.1 Å². The first-order valence-electron chi connectivity index (χ1n) is 9.48. The van der Waals surface area contributed by atoms with E-state index in [1.54, 1.807) is 0 Å². The van der Waals surface area contributed by atoms with Crippen molar-refractivity contribution in [1.82, 2.24) is 0 Å². The van der Waals surface area contributed by atoms with Gasteiger partial charge in [0.25, 0.3) is 0 Å². The summed E-state index contributed by atoms with van der Waals surface area (Å²) in [5, 5.41) is 0. The van der Waals surface area contributed by atoms with Crippen LogP contribution in [0.1, 0.15) is 89.5 Å². The van der Waals surface area contributed by atoms with Gasteiger partial charge in [-0.3, -0.25) is 0 Å². The van der Waals surface area contributed by atoms with Crippen LogP contribution < -0.4 is 0 Å². The molecule has 0 rings (SSSR count). The van der Waals surface area contributed by atoms with E-state index in [0.717, 1.165) is 6.42 Å². The first-order valence-corrected chi connectivity index (χ1v) is 9.48. The molecule has 0 N–H and O–H groups in total. The molecule has 0 aliphatic carbocycles. The summed E-state index contributed by atoms with van der Waals surface area (Å²) < 4.78 is 24.3. The minimum absolute atomic E-state index is 0.0462. The molecule has 2 unspecified atom stereocenters. The maximum atomic E-state index is 6.32. The van der Waals surface area contributed by atoms with Crippen LogP contribution in [0.25, 0.3) is 0 Å². The molecule has 2 atom stereocenters. The SMILES string of the molecule is CC(C)(C)CC(COC(C)(C)C)OC(COC(C)(C)C)OC(C)(C)C. The Kier molecular flexibility index (Phi) is 9.10. The summed E-state index contributed by atoms with van der Waals surface area (Å²) in [5.41, 5.74) is -0.585. The summed E-state index contributed by atoms with van der Waals surface area (Å²) >= 11 is 0. The van der Waals surface area contributed by atoms with Crippen LogP contribution in [0.3, 0.4) is 0 Å². The highest BCUT2D eigenvalue weighted by atomic mass is 16.7. The van der Waals surface area contributed by atoms with Gasteiger partial charge in [0.05, 0.1) is 36.1 Å². The largest absolute Gasteiger partial charge is 0.373 e. The fourth-order valence-corrected chi connectivity index (χ4v) is 2.20. The smallest absolute Gasteiger partial charge is 0.181 e. The molecule has 0 aliphatic heterocycles. The Labute approximate surface area is 156 Å². The molecule has 0 radical (unpaired) electrons. The first kappa shape index (κ1) is 24.8. The third kappa shape index (κ3) is 17.0. The third-order valence-corrected chi connectivity index (χ3v) is 3.02. The topological polar surface area (TPSA) is 36.9 Å². The van der Waals surface area contributed by atoms with Crippen LogP contribution in [-0.2, 0) is 18.9 Å². The van der Waals surface area contributed by atoms with Crippen molar-refractivity contribution in [2.24, 2.45) is 5.41 Å². The minimum atomic E-state index is -0.421. The van der Waals surface area contributed by atoms with Gasteiger partial charge >= 0.3 is 0 Å². The third-order valence-electron chi connectivity index (χ3n) is 3.02. The minimum Gasteiger partial charge on any atom is -0.373 e. The van der Waals surface area contributed by atoms with Crippen molar-refractivity contribution >= 4 is 0 Å². The average molecular weight is 361 g/mol. The summed E-state index contributed by atoms with van der Waals surface area (Å²) in [6.07, 6.45) is 0.424. The van der Waals surface area contributed by atoms with Crippen molar-refractivity contribution in [3.05, 3.63) is 0 Å². The number of hydrogen-bond donors (Lipinski definition) is 0. The highest BCUT2D eigenvalue weighted by molar-refractivity contribution is 4.73. The molecule has 25 heavy (non-hydrogen) atoms. The van der Waals surface area contributed by atoms with Gasteiger partial charge in [0.1, 0.15) is 0 Å². The summed E-state index contributed by atoms with van der Waals surface area (Å²) in [6.45, 7) is 26.0. The lowest BCUT2D eigenvalue weighted by atomic mass is 9.89. The van der Waals surface area contributed by atoms with Gasteiger partial charge < -0.3 is 18.9 Å². The maximum Gasteiger partial charge on any atom is 0.181 e. The first-order chi connectivity index (χ1) is 10.9. The van der Waals surface area contributed by atoms with E-state index in [-0.39, 0.29) is 28.3 Å². The fourth-order valence-electron chi connectivity index (χ4n) is 2.20. The Hall–Kier alpha value is -0.160. The normalized spacial score (nSPS) is 16.8. The molecule has 0 aliphatic rings. The molecule has 0 spiro atoms. The van der Waals surface area contributed by atoms with Gasteiger partial charge in [0.2, 0.25) is 0 Å². The average Bonchev–Trinajstić information content (AvgIpc) is 2.27. The molecule has 0 aromatic heterocycles. The molecule has 0 amide bonds. The van der Waals surface area contributed by atoms with Gasteiger partial charge in [-0.25, -0.2) is 0 Å². The Morgan fingerprint density at radius 3 is 1.40 bits per heavy atom. The second-order valence-electron chi connectivity index (χ2n) is 11.0. The second-order valence-corrected chi connectivity index (χ2v) is 11.0. The molecule has 0 heterocycles. The van der Waals surface area contributed by atoms with Crippen LogP contribution in [0.15, 0.2) is 0 Å². The zero-order chi connectivity index (χ0) is 20.1. The van der Waals surface area contributed by atoms with Crippen molar-refractivity contribution in [1.29, 1.82) is 0 Å². The van der Waals surface area contributed by atoms with E-state index >= 15 is 0 Å². The van der Waals surface area contributed by atoms with Crippen LogP contribution in [-0.4, -0.2) is 42.4 Å². The maximum absolute atomic E-state index is 6.32. The van der Waals surface area contributed by atoms with E-state index in [1.807, 2.05) is 41.5 Å².